The van der Waals surface area contributed by atoms with Crippen molar-refractivity contribution in [1.82, 2.24) is 0 Å². The second kappa shape index (κ2) is 9.08. The summed E-state index contributed by atoms with van der Waals surface area (Å²) in [5.74, 6) is 0. The highest BCUT2D eigenvalue weighted by Crippen LogP contribution is 2.27. The van der Waals surface area contributed by atoms with Gasteiger partial charge in [0, 0.05) is 6.61 Å². The van der Waals surface area contributed by atoms with Crippen LogP contribution in [0.15, 0.2) is 52.6 Å². The highest BCUT2D eigenvalue weighted by molar-refractivity contribution is 14.1. The van der Waals surface area contributed by atoms with Crippen LogP contribution in [0.4, 0.5) is 0 Å². The third-order valence-corrected chi connectivity index (χ3v) is 3.86. The molecule has 0 aromatic heterocycles. The van der Waals surface area contributed by atoms with Gasteiger partial charge >= 0.3 is 0 Å². The van der Waals surface area contributed by atoms with Crippen LogP contribution in [0.2, 0.25) is 0 Å². The molecule has 1 unspecified atom stereocenters. The number of hydrogen-bond donors (Lipinski definition) is 0. The fraction of sp³-hybridized carbons (Fsp3) is 0.263. The summed E-state index contributed by atoms with van der Waals surface area (Å²) in [6, 6.07) is 17.0. The summed E-state index contributed by atoms with van der Waals surface area (Å²) in [4.78, 5) is 0. The van der Waals surface area contributed by atoms with Crippen molar-refractivity contribution >= 4 is 28.7 Å². The Kier molecular flexibility index (Phi) is 7.09. The van der Waals surface area contributed by atoms with E-state index in [0.717, 1.165) is 5.56 Å². The lowest BCUT2D eigenvalue weighted by molar-refractivity contribution is -0.0818. The molecule has 0 amide bonds. The van der Waals surface area contributed by atoms with Crippen LogP contribution in [0.3, 0.4) is 0 Å². The standard InChI is InChI=1S/C19H21IO2/c1-3-21-14-22-15(2)16-8-10-18(11-9-16)19-7-5-4-6-17(19)12-13-20/h4-13,15H,3,14H2,1-2H3/b13-12+. The minimum absolute atomic E-state index is 0.0325. The summed E-state index contributed by atoms with van der Waals surface area (Å²) >= 11 is 2.25. The van der Waals surface area contributed by atoms with E-state index in [1.165, 1.54) is 16.7 Å². The van der Waals surface area contributed by atoms with Gasteiger partial charge in [-0.1, -0.05) is 71.1 Å². The molecule has 0 N–H and O–H groups in total. The summed E-state index contributed by atoms with van der Waals surface area (Å²) < 4.78 is 12.9. The Morgan fingerprint density at radius 3 is 2.50 bits per heavy atom. The summed E-state index contributed by atoms with van der Waals surface area (Å²) in [5.41, 5.74) is 4.84. The first kappa shape index (κ1) is 17.2. The molecular weight excluding hydrogens is 387 g/mol. The normalized spacial score (nSPS) is 12.7. The highest BCUT2D eigenvalue weighted by atomic mass is 127. The van der Waals surface area contributed by atoms with Gasteiger partial charge in [-0.3, -0.25) is 0 Å². The van der Waals surface area contributed by atoms with E-state index in [1.54, 1.807) is 0 Å². The first-order valence-corrected chi connectivity index (χ1v) is 8.66. The van der Waals surface area contributed by atoms with E-state index < -0.39 is 0 Å². The van der Waals surface area contributed by atoms with Crippen LogP contribution < -0.4 is 0 Å². The third kappa shape index (κ3) is 4.66. The zero-order valence-corrected chi connectivity index (χ0v) is 15.1. The van der Waals surface area contributed by atoms with Gasteiger partial charge in [-0.15, -0.1) is 0 Å². The molecule has 2 rings (SSSR count). The number of hydrogen-bond acceptors (Lipinski definition) is 2. The third-order valence-electron chi connectivity index (χ3n) is 3.50. The van der Waals surface area contributed by atoms with Crippen LogP contribution in [0.25, 0.3) is 17.2 Å². The minimum atomic E-state index is 0.0325. The molecule has 0 spiro atoms. The lowest BCUT2D eigenvalue weighted by Crippen LogP contribution is -2.04. The van der Waals surface area contributed by atoms with Crippen LogP contribution in [0.5, 0.6) is 0 Å². The van der Waals surface area contributed by atoms with E-state index in [9.17, 15) is 0 Å². The molecule has 3 heteroatoms. The largest absolute Gasteiger partial charge is 0.356 e. The lowest BCUT2D eigenvalue weighted by atomic mass is 9.98. The average molecular weight is 408 g/mol. The molecule has 2 aromatic rings. The molecule has 116 valence electrons. The van der Waals surface area contributed by atoms with Crippen molar-refractivity contribution in [2.45, 2.75) is 20.0 Å². The van der Waals surface area contributed by atoms with Crippen molar-refractivity contribution in [2.75, 3.05) is 13.4 Å². The van der Waals surface area contributed by atoms with Gasteiger partial charge in [0.05, 0.1) is 6.10 Å². The molecule has 2 nitrogen and oxygen atoms in total. The molecule has 0 aliphatic heterocycles. The van der Waals surface area contributed by atoms with Crippen LogP contribution in [0, 0.1) is 0 Å². The lowest BCUT2D eigenvalue weighted by Gasteiger charge is -2.14. The van der Waals surface area contributed by atoms with Gasteiger partial charge in [0.1, 0.15) is 6.79 Å². The molecule has 1 atom stereocenters. The Balaban J connectivity index is 2.15. The van der Waals surface area contributed by atoms with E-state index in [-0.39, 0.29) is 6.10 Å². The Morgan fingerprint density at radius 2 is 1.82 bits per heavy atom. The molecule has 0 aliphatic rings. The number of rotatable bonds is 7. The number of ether oxygens (including phenoxy) is 2. The predicted molar refractivity (Wildman–Crippen MR) is 101 cm³/mol. The van der Waals surface area contributed by atoms with Crippen molar-refractivity contribution in [3.63, 3.8) is 0 Å². The van der Waals surface area contributed by atoms with Crippen LogP contribution >= 0.6 is 22.6 Å². The van der Waals surface area contributed by atoms with Crippen LogP contribution in [-0.2, 0) is 9.47 Å². The topological polar surface area (TPSA) is 18.5 Å². The Hall–Kier alpha value is -1.17. The van der Waals surface area contributed by atoms with Crippen molar-refractivity contribution in [2.24, 2.45) is 0 Å². The van der Waals surface area contributed by atoms with Gasteiger partial charge in [-0.2, -0.15) is 0 Å². The SMILES string of the molecule is CCOCOC(C)c1ccc(-c2ccccc2/C=C/I)cc1. The number of benzene rings is 2. The molecule has 0 saturated carbocycles. The summed E-state index contributed by atoms with van der Waals surface area (Å²) in [6.07, 6.45) is 2.16. The Morgan fingerprint density at radius 1 is 1.09 bits per heavy atom. The van der Waals surface area contributed by atoms with Crippen LogP contribution in [-0.4, -0.2) is 13.4 Å². The van der Waals surface area contributed by atoms with Crippen molar-refractivity contribution in [3.8, 4) is 11.1 Å². The zero-order chi connectivity index (χ0) is 15.8. The van der Waals surface area contributed by atoms with E-state index in [0.29, 0.717) is 13.4 Å². The van der Waals surface area contributed by atoms with E-state index in [4.69, 9.17) is 9.47 Å². The molecule has 0 heterocycles. The second-order valence-corrected chi connectivity index (χ2v) is 5.64. The first-order valence-electron chi connectivity index (χ1n) is 7.41. The molecule has 22 heavy (non-hydrogen) atoms. The maximum Gasteiger partial charge on any atom is 0.147 e. The van der Waals surface area contributed by atoms with Crippen molar-refractivity contribution in [3.05, 3.63) is 63.7 Å². The second-order valence-electron chi connectivity index (χ2n) is 4.92. The summed E-state index contributed by atoms with van der Waals surface area (Å²) in [5, 5.41) is 0. The molecule has 0 radical (unpaired) electrons. The molecule has 2 aromatic carbocycles. The fourth-order valence-corrected chi connectivity index (χ4v) is 2.62. The van der Waals surface area contributed by atoms with Gasteiger partial charge in [0.2, 0.25) is 0 Å². The van der Waals surface area contributed by atoms with E-state index in [1.807, 2.05) is 17.9 Å². The monoisotopic (exact) mass is 408 g/mol. The summed E-state index contributed by atoms with van der Waals surface area (Å²) in [7, 11) is 0. The molecule has 0 bridgehead atoms. The van der Waals surface area contributed by atoms with Gasteiger partial charge in [0.15, 0.2) is 0 Å². The maximum atomic E-state index is 5.64. The van der Waals surface area contributed by atoms with Gasteiger partial charge in [0.25, 0.3) is 0 Å². The smallest absolute Gasteiger partial charge is 0.147 e. The van der Waals surface area contributed by atoms with Gasteiger partial charge in [-0.25, -0.2) is 0 Å². The van der Waals surface area contributed by atoms with Gasteiger partial charge in [-0.05, 0) is 46.3 Å². The molecule has 0 aliphatic carbocycles. The minimum Gasteiger partial charge on any atom is -0.356 e. The zero-order valence-electron chi connectivity index (χ0n) is 13.0. The Labute approximate surface area is 146 Å². The average Bonchev–Trinajstić information content (AvgIpc) is 2.56. The van der Waals surface area contributed by atoms with E-state index in [2.05, 4.69) is 77.2 Å². The van der Waals surface area contributed by atoms with Gasteiger partial charge < -0.3 is 9.47 Å². The predicted octanol–water partition coefficient (Wildman–Crippen LogP) is 5.83. The highest BCUT2D eigenvalue weighted by Gasteiger charge is 2.07. The Bertz CT molecular complexity index is 605. The van der Waals surface area contributed by atoms with Crippen molar-refractivity contribution in [1.29, 1.82) is 0 Å². The maximum absolute atomic E-state index is 5.64. The molecule has 0 saturated heterocycles. The number of halogens is 1. The molecular formula is C19H21IO2. The quantitative estimate of drug-likeness (QED) is 0.326. The fourth-order valence-electron chi connectivity index (χ4n) is 2.24. The first-order chi connectivity index (χ1) is 10.8. The molecule has 0 fully saturated rings. The van der Waals surface area contributed by atoms with E-state index >= 15 is 0 Å². The summed E-state index contributed by atoms with van der Waals surface area (Å²) in [6.45, 7) is 5.01. The van der Waals surface area contributed by atoms with Crippen LogP contribution in [0.1, 0.15) is 31.1 Å². The van der Waals surface area contributed by atoms with Crippen molar-refractivity contribution < 1.29 is 9.47 Å².